The molecule has 3 aromatic heterocycles. The zero-order valence-corrected chi connectivity index (χ0v) is 23.7. The predicted octanol–water partition coefficient (Wildman–Crippen LogP) is 4.14. The number of anilines is 3. The van der Waals surface area contributed by atoms with Crippen LogP contribution in [0.2, 0.25) is 0 Å². The van der Waals surface area contributed by atoms with Gasteiger partial charge in [-0.1, -0.05) is 42.4 Å². The molecule has 214 valence electrons. The molecular formula is C29H34N8O4. The van der Waals surface area contributed by atoms with Gasteiger partial charge in [0.15, 0.2) is 0 Å². The second-order valence-electron chi connectivity index (χ2n) is 11.0. The Kier molecular flexibility index (Phi) is 7.45. The lowest BCUT2D eigenvalue weighted by Gasteiger charge is -2.31. The number of pyridine rings is 1. The third kappa shape index (κ3) is 5.48. The summed E-state index contributed by atoms with van der Waals surface area (Å²) in [5, 5.41) is 30.9. The van der Waals surface area contributed by atoms with Gasteiger partial charge in [0.25, 0.3) is 11.8 Å². The van der Waals surface area contributed by atoms with E-state index in [1.165, 1.54) is 0 Å². The molecule has 0 fully saturated rings. The zero-order chi connectivity index (χ0) is 29.4. The van der Waals surface area contributed by atoms with E-state index in [1.807, 2.05) is 56.0 Å². The molecule has 0 saturated carbocycles. The fourth-order valence-electron chi connectivity index (χ4n) is 4.81. The second-order valence-corrected chi connectivity index (χ2v) is 11.0. The monoisotopic (exact) mass is 558 g/mol. The van der Waals surface area contributed by atoms with E-state index in [0.717, 1.165) is 12.0 Å². The third-order valence-corrected chi connectivity index (χ3v) is 7.03. The van der Waals surface area contributed by atoms with Crippen LogP contribution in [-0.2, 0) is 11.1 Å². The number of nitrogens with one attached hydrogen (secondary N) is 2. The first kappa shape index (κ1) is 28.1. The summed E-state index contributed by atoms with van der Waals surface area (Å²) in [6.45, 7) is 9.56. The average Bonchev–Trinajstić information content (AvgIpc) is 3.51. The van der Waals surface area contributed by atoms with Crippen LogP contribution < -0.4 is 10.6 Å². The van der Waals surface area contributed by atoms with Crippen molar-refractivity contribution in [1.29, 1.82) is 0 Å². The molecular weight excluding hydrogens is 524 g/mol. The summed E-state index contributed by atoms with van der Waals surface area (Å²) in [5.74, 6) is 0.906. The Labute approximate surface area is 237 Å². The first-order valence-corrected chi connectivity index (χ1v) is 13.5. The van der Waals surface area contributed by atoms with Gasteiger partial charge in [0.05, 0.1) is 40.7 Å². The van der Waals surface area contributed by atoms with Crippen LogP contribution in [0.3, 0.4) is 0 Å². The first-order valence-electron chi connectivity index (χ1n) is 13.5. The average molecular weight is 559 g/mol. The summed E-state index contributed by atoms with van der Waals surface area (Å²) in [7, 11) is 0. The van der Waals surface area contributed by atoms with E-state index in [-0.39, 0.29) is 30.2 Å². The number of amides is 1. The summed E-state index contributed by atoms with van der Waals surface area (Å²) in [6.07, 6.45) is 3.93. The van der Waals surface area contributed by atoms with Crippen molar-refractivity contribution >= 4 is 23.4 Å². The minimum Gasteiger partial charge on any atom is -0.394 e. The number of carbonyl (C=O) groups is 1. The van der Waals surface area contributed by atoms with Gasteiger partial charge in [0, 0.05) is 25.0 Å². The zero-order valence-electron chi connectivity index (χ0n) is 23.7. The van der Waals surface area contributed by atoms with Gasteiger partial charge in [-0.15, -0.1) is 0 Å². The maximum atomic E-state index is 12.9. The normalized spacial score (nSPS) is 15.1. The number of fused-ring (bicyclic) bond motifs is 1. The maximum absolute atomic E-state index is 12.9. The lowest BCUT2D eigenvalue weighted by atomic mass is 10.0. The number of aromatic nitrogens is 5. The highest BCUT2D eigenvalue weighted by Gasteiger charge is 2.44. The van der Waals surface area contributed by atoms with E-state index in [1.54, 1.807) is 32.3 Å². The Morgan fingerprint density at radius 2 is 1.83 bits per heavy atom. The molecule has 0 saturated heterocycles. The van der Waals surface area contributed by atoms with Crippen molar-refractivity contribution in [3.8, 4) is 11.5 Å². The molecule has 1 atom stereocenters. The second kappa shape index (κ2) is 10.9. The van der Waals surface area contributed by atoms with E-state index in [2.05, 4.69) is 30.7 Å². The van der Waals surface area contributed by atoms with Gasteiger partial charge in [0.2, 0.25) is 11.8 Å². The third-order valence-electron chi connectivity index (χ3n) is 7.03. The molecule has 4 N–H and O–H groups in total. The van der Waals surface area contributed by atoms with Crippen LogP contribution in [0.4, 0.5) is 17.5 Å². The highest BCUT2D eigenvalue weighted by atomic mass is 16.5. The Balaban J connectivity index is 1.50. The van der Waals surface area contributed by atoms with E-state index in [4.69, 9.17) is 9.51 Å². The number of hydrogen-bond donors (Lipinski definition) is 4. The van der Waals surface area contributed by atoms with Crippen molar-refractivity contribution < 1.29 is 19.5 Å². The Bertz CT molecular complexity index is 1550. The van der Waals surface area contributed by atoms with Gasteiger partial charge >= 0.3 is 0 Å². The van der Waals surface area contributed by atoms with Crippen molar-refractivity contribution in [3.05, 3.63) is 71.4 Å². The number of nitrogens with zero attached hydrogens (tertiary/aromatic N) is 6. The van der Waals surface area contributed by atoms with Gasteiger partial charge in [-0.3, -0.25) is 4.79 Å². The minimum atomic E-state index is -1.30. The van der Waals surface area contributed by atoms with E-state index in [0.29, 0.717) is 34.9 Å². The topological polar surface area (TPSA) is 162 Å². The fourth-order valence-corrected chi connectivity index (χ4v) is 4.81. The van der Waals surface area contributed by atoms with Gasteiger partial charge in [-0.25, -0.2) is 15.0 Å². The fraction of sp³-hybridized carbons (Fsp3) is 0.379. The van der Waals surface area contributed by atoms with Gasteiger partial charge in [-0.05, 0) is 39.7 Å². The van der Waals surface area contributed by atoms with Crippen molar-refractivity contribution in [2.24, 2.45) is 0 Å². The number of benzene rings is 1. The van der Waals surface area contributed by atoms with Crippen molar-refractivity contribution in [1.82, 2.24) is 30.0 Å². The molecule has 1 aliphatic rings. The molecule has 41 heavy (non-hydrogen) atoms. The lowest BCUT2D eigenvalue weighted by Crippen LogP contribution is -2.39. The lowest BCUT2D eigenvalue weighted by molar-refractivity contribution is 0.0614. The molecule has 1 aliphatic heterocycles. The molecule has 1 amide bonds. The molecule has 1 aromatic carbocycles. The largest absolute Gasteiger partial charge is 0.394 e. The van der Waals surface area contributed by atoms with Gasteiger partial charge < -0.3 is 30.3 Å². The highest BCUT2D eigenvalue weighted by Crippen LogP contribution is 2.38. The maximum Gasteiger partial charge on any atom is 0.261 e. The minimum absolute atomic E-state index is 0.0756. The van der Waals surface area contributed by atoms with Crippen LogP contribution in [0, 0.1) is 0 Å². The van der Waals surface area contributed by atoms with Crippen LogP contribution in [0.5, 0.6) is 0 Å². The number of rotatable bonds is 10. The number of hydrogen-bond acceptors (Lipinski definition) is 11. The number of aliphatic hydroxyl groups excluding tert-OH is 1. The van der Waals surface area contributed by atoms with Crippen molar-refractivity contribution in [2.75, 3.05) is 23.8 Å². The van der Waals surface area contributed by atoms with Crippen LogP contribution >= 0.6 is 0 Å². The smallest absolute Gasteiger partial charge is 0.261 e. The van der Waals surface area contributed by atoms with E-state index >= 15 is 0 Å². The predicted molar refractivity (Wildman–Crippen MR) is 152 cm³/mol. The molecule has 0 aliphatic carbocycles. The standard InChI is InChI=1S/C29H34N8O4/c1-6-12-37-25(39)19-15-31-27(34-23(19)28(37,2)3)33-22-13-20(32-21(16-38)17-10-8-7-9-11-17)18(14-30-22)24-35-26(36-41-24)29(4,5)40/h7-11,13-15,21,38,40H,6,12,16H2,1-5H3,(H2,30,31,32,33,34)/t21-/m1/s1. The number of carbonyl (C=O) groups excluding carboxylic acids is 1. The Morgan fingerprint density at radius 1 is 1.10 bits per heavy atom. The SMILES string of the molecule is CCCN1C(=O)c2cnc(Nc3cc(N[C@H](CO)c4ccccc4)c(-c4nc(C(C)(C)O)no4)cn3)nc2C1(C)C. The summed E-state index contributed by atoms with van der Waals surface area (Å²) >= 11 is 0. The molecule has 4 heterocycles. The van der Waals surface area contributed by atoms with E-state index in [9.17, 15) is 15.0 Å². The quantitative estimate of drug-likeness (QED) is 0.221. The molecule has 4 aromatic rings. The van der Waals surface area contributed by atoms with Gasteiger partial charge in [0.1, 0.15) is 11.4 Å². The summed E-state index contributed by atoms with van der Waals surface area (Å²) in [5.41, 5.74) is 1.17. The van der Waals surface area contributed by atoms with Crippen molar-refractivity contribution in [2.45, 2.75) is 58.2 Å². The Morgan fingerprint density at radius 3 is 2.49 bits per heavy atom. The molecule has 0 radical (unpaired) electrons. The van der Waals surface area contributed by atoms with Crippen LogP contribution in [0.1, 0.15) is 74.5 Å². The number of aliphatic hydroxyl groups is 2. The molecule has 12 nitrogen and oxygen atoms in total. The van der Waals surface area contributed by atoms with Crippen LogP contribution in [0.15, 0.2) is 53.3 Å². The molecule has 0 unspecified atom stereocenters. The molecule has 5 rings (SSSR count). The Hall–Kier alpha value is -4.42. The summed E-state index contributed by atoms with van der Waals surface area (Å²) < 4.78 is 5.46. The molecule has 0 spiro atoms. The van der Waals surface area contributed by atoms with Crippen LogP contribution in [-0.4, -0.2) is 59.3 Å². The van der Waals surface area contributed by atoms with Crippen molar-refractivity contribution in [3.63, 3.8) is 0 Å². The summed E-state index contributed by atoms with van der Waals surface area (Å²) in [6, 6.07) is 10.8. The molecule has 0 bridgehead atoms. The van der Waals surface area contributed by atoms with E-state index < -0.39 is 17.2 Å². The highest BCUT2D eigenvalue weighted by molar-refractivity contribution is 5.99. The van der Waals surface area contributed by atoms with Crippen LogP contribution in [0.25, 0.3) is 11.5 Å². The summed E-state index contributed by atoms with van der Waals surface area (Å²) in [4.78, 5) is 32.7. The van der Waals surface area contributed by atoms with Gasteiger partial charge in [-0.2, -0.15) is 4.98 Å². The first-order chi connectivity index (χ1) is 19.5. The molecule has 12 heteroatoms.